The Morgan fingerprint density at radius 2 is 1.01 bits per heavy atom. The van der Waals surface area contributed by atoms with Crippen molar-refractivity contribution in [3.63, 3.8) is 0 Å². The van der Waals surface area contributed by atoms with E-state index in [-0.39, 0.29) is 62.8 Å². The first kappa shape index (κ1) is 85.3. The smallest absolute Gasteiger partial charge is 0.320 e. The highest BCUT2D eigenvalue weighted by atomic mass is 16.6. The molecule has 0 aromatic carbocycles. The lowest BCUT2D eigenvalue weighted by Gasteiger charge is -2.41. The van der Waals surface area contributed by atoms with Crippen LogP contribution in [0.1, 0.15) is 170 Å². The van der Waals surface area contributed by atoms with Gasteiger partial charge in [-0.05, 0) is 115 Å². The molecule has 5 N–H and O–H groups in total. The summed E-state index contributed by atoms with van der Waals surface area (Å²) in [5.41, 5.74) is -1.42. The summed E-state index contributed by atoms with van der Waals surface area (Å²) in [5.74, 6) is -11.1. The molecule has 1 fully saturated rings. The molecule has 0 radical (unpaired) electrons. The summed E-state index contributed by atoms with van der Waals surface area (Å²) in [5, 5.41) is 23.1. The maximum absolute atomic E-state index is 15.2. The van der Waals surface area contributed by atoms with Gasteiger partial charge in [0.15, 0.2) is 0 Å². The molecule has 0 saturated carbocycles. The first-order valence-corrected chi connectivity index (χ1v) is 33.7. The number of hydrogen-bond donors (Lipinski definition) is 5. The van der Waals surface area contributed by atoms with Gasteiger partial charge in [0.25, 0.3) is 0 Å². The van der Waals surface area contributed by atoms with E-state index in [0.29, 0.717) is 13.1 Å². The van der Waals surface area contributed by atoms with Crippen LogP contribution in [0.5, 0.6) is 0 Å². The Morgan fingerprint density at radius 3 is 1.48 bits per heavy atom. The van der Waals surface area contributed by atoms with Crippen LogP contribution in [0.25, 0.3) is 0 Å². The minimum atomic E-state index is -1.66. The second-order valence-electron chi connectivity index (χ2n) is 28.4. The molecule has 12 atom stereocenters. The standard InChI is InChI=1S/C68H122N12O14/c1-27-31-32-44(15)57(83)56-61(87)71-47(28-2)63(89)73(20)37-52(81)74(21)51(36-68(18,19)94-53(82)38-80(29-3)30-4)60(86)72-54(42(11)12)66(92)75(22)48(33-39(5)6)59(85)69-45(16)58(84)70-46(17)62(88)76(23)49(34-40(7)8)64(90)77(24)50(35-41(9)10)65(91)78(25)55(43(13)14)67(93)79(56)26/h27,31,39-51,54-57,83H,28-30,32-38H2,1-26H3,(H,69,85)(H,70,84)(H,71,87)(H,72,86)/b31-27+/t44?,45-,46+,47-,48-,49-,50-,51-,54-,55-,56-,57?/m0/s1. The Morgan fingerprint density at radius 1 is 0.553 bits per heavy atom. The first-order valence-electron chi connectivity index (χ1n) is 33.7. The van der Waals surface area contributed by atoms with Gasteiger partial charge in [0, 0.05) is 55.8 Å². The topological polar surface area (TPSA) is 308 Å². The maximum Gasteiger partial charge on any atom is 0.320 e. The lowest BCUT2D eigenvalue weighted by molar-refractivity contribution is -0.161. The van der Waals surface area contributed by atoms with Crippen LogP contribution in [-0.4, -0.2) is 263 Å². The SMILES string of the molecule is C/C=C/CC(C)C(O)[C@H]1C(=O)N[C@@H](CC)C(=O)N(C)CC(=O)N(C)[C@@H](CC(C)(C)OC(=O)CN(CC)CC)C(=O)N[C@@H](C(C)C)C(=O)N(C)[C@@H](CC(C)C)C(=O)N[C@@H](C)C(=O)N[C@H](C)C(=O)N(C)[C@@H](CC(C)C)C(=O)N(C)[C@@H](CC(C)C)C(=O)N(C)[C@@H](C(C)C)C(=O)N1C. The van der Waals surface area contributed by atoms with Crippen LogP contribution in [0.2, 0.25) is 0 Å². The van der Waals surface area contributed by atoms with Gasteiger partial charge < -0.3 is 65.4 Å². The van der Waals surface area contributed by atoms with Crippen molar-refractivity contribution in [3.8, 4) is 0 Å². The van der Waals surface area contributed by atoms with Crippen molar-refractivity contribution in [3.05, 3.63) is 12.2 Å². The van der Waals surface area contributed by atoms with Crippen LogP contribution in [0, 0.1) is 35.5 Å². The highest BCUT2D eigenvalue weighted by Crippen LogP contribution is 2.27. The molecule has 11 amide bonds. The van der Waals surface area contributed by atoms with E-state index < -0.39 is 167 Å². The van der Waals surface area contributed by atoms with Gasteiger partial charge in [0.2, 0.25) is 65.0 Å². The molecule has 1 heterocycles. The largest absolute Gasteiger partial charge is 0.459 e. The molecule has 1 aliphatic rings. The Labute approximate surface area is 562 Å². The number of aliphatic hydroxyl groups excluding tert-OH is 1. The van der Waals surface area contributed by atoms with Crippen molar-refractivity contribution in [1.29, 1.82) is 0 Å². The average molecular weight is 1330 g/mol. The molecule has 0 bridgehead atoms. The third-order valence-electron chi connectivity index (χ3n) is 17.7. The quantitative estimate of drug-likeness (QED) is 0.0863. The van der Waals surface area contributed by atoms with Crippen molar-refractivity contribution >= 4 is 70.9 Å². The van der Waals surface area contributed by atoms with Crippen molar-refractivity contribution in [2.45, 2.75) is 242 Å². The van der Waals surface area contributed by atoms with E-state index in [9.17, 15) is 43.5 Å². The highest BCUT2D eigenvalue weighted by molar-refractivity contribution is 5.99. The van der Waals surface area contributed by atoms with Crippen LogP contribution in [0.3, 0.4) is 0 Å². The first-order chi connectivity index (χ1) is 43.4. The summed E-state index contributed by atoms with van der Waals surface area (Å²) in [4.78, 5) is 186. The van der Waals surface area contributed by atoms with Gasteiger partial charge >= 0.3 is 5.97 Å². The zero-order valence-electron chi connectivity index (χ0n) is 61.9. The number of aliphatic hydroxyl groups is 1. The number of rotatable bonds is 20. The normalized spacial score (nSPS) is 25.6. The van der Waals surface area contributed by atoms with Gasteiger partial charge in [0.05, 0.1) is 19.2 Å². The summed E-state index contributed by atoms with van der Waals surface area (Å²) in [6.07, 6.45) is 2.33. The van der Waals surface area contributed by atoms with E-state index in [4.69, 9.17) is 4.74 Å². The summed E-state index contributed by atoms with van der Waals surface area (Å²) >= 11 is 0. The molecule has 1 saturated heterocycles. The van der Waals surface area contributed by atoms with Gasteiger partial charge in [-0.3, -0.25) is 62.4 Å². The molecule has 1 aliphatic heterocycles. The van der Waals surface area contributed by atoms with Gasteiger partial charge in [-0.15, -0.1) is 0 Å². The molecule has 1 rings (SSSR count). The fourth-order valence-corrected chi connectivity index (χ4v) is 11.7. The van der Waals surface area contributed by atoms with Crippen LogP contribution >= 0.6 is 0 Å². The van der Waals surface area contributed by atoms with Crippen molar-refractivity contribution in [2.24, 2.45) is 35.5 Å². The second kappa shape index (κ2) is 38.7. The lowest BCUT2D eigenvalue weighted by atomic mass is 9.91. The number of nitrogens with one attached hydrogen (secondary N) is 4. The van der Waals surface area contributed by atoms with E-state index >= 15 is 19.2 Å². The minimum absolute atomic E-state index is 0.0330. The molecular weight excluding hydrogens is 1210 g/mol. The van der Waals surface area contributed by atoms with E-state index in [1.807, 2.05) is 60.3 Å². The van der Waals surface area contributed by atoms with Gasteiger partial charge in [-0.2, -0.15) is 0 Å². The van der Waals surface area contributed by atoms with Crippen molar-refractivity contribution in [1.82, 2.24) is 60.5 Å². The summed E-state index contributed by atoms with van der Waals surface area (Å²) in [6, 6.07) is -13.2. The van der Waals surface area contributed by atoms with E-state index in [1.165, 1.54) is 82.8 Å². The van der Waals surface area contributed by atoms with Gasteiger partial charge in [0.1, 0.15) is 66.0 Å². The van der Waals surface area contributed by atoms with E-state index in [1.54, 1.807) is 74.5 Å². The molecule has 94 heavy (non-hydrogen) atoms. The molecule has 26 heteroatoms. The Balaban J connectivity index is 4.46. The van der Waals surface area contributed by atoms with E-state index in [0.717, 1.165) is 14.7 Å². The van der Waals surface area contributed by atoms with Gasteiger partial charge in [-0.1, -0.05) is 109 Å². The van der Waals surface area contributed by atoms with Crippen LogP contribution in [-0.2, 0) is 62.3 Å². The summed E-state index contributed by atoms with van der Waals surface area (Å²) < 4.78 is 5.96. The van der Waals surface area contributed by atoms with Crippen molar-refractivity contribution in [2.75, 3.05) is 75.5 Å². The zero-order valence-corrected chi connectivity index (χ0v) is 61.9. The molecule has 26 nitrogen and oxygen atoms in total. The summed E-state index contributed by atoms with van der Waals surface area (Å²) in [7, 11) is 9.69. The van der Waals surface area contributed by atoms with Crippen molar-refractivity contribution < 1.29 is 67.4 Å². The Hall–Kier alpha value is -6.70. The molecule has 0 aromatic heterocycles. The third kappa shape index (κ3) is 24.5. The molecule has 0 aromatic rings. The molecular formula is C68H122N12O14. The maximum atomic E-state index is 15.2. The number of ether oxygens (including phenoxy) is 1. The predicted molar refractivity (Wildman–Crippen MR) is 362 cm³/mol. The van der Waals surface area contributed by atoms with E-state index in [2.05, 4.69) is 21.3 Å². The number of carbonyl (C=O) groups excluding carboxylic acids is 12. The number of carbonyl (C=O) groups is 12. The summed E-state index contributed by atoms with van der Waals surface area (Å²) in [6.45, 7) is 33.2. The van der Waals surface area contributed by atoms with Gasteiger partial charge in [-0.25, -0.2) is 0 Å². The third-order valence-corrected chi connectivity index (χ3v) is 17.7. The number of hydrogen-bond acceptors (Lipinski definition) is 15. The molecule has 538 valence electrons. The van der Waals surface area contributed by atoms with Crippen LogP contribution < -0.4 is 21.3 Å². The number of esters is 1. The highest BCUT2D eigenvalue weighted by Gasteiger charge is 2.46. The number of nitrogens with zero attached hydrogens (tertiary/aromatic N) is 8. The fourth-order valence-electron chi connectivity index (χ4n) is 11.7. The number of likely N-dealkylation sites (N-methyl/N-ethyl adjacent to an activating group) is 8. The van der Waals surface area contributed by atoms with Crippen LogP contribution in [0.4, 0.5) is 0 Å². The molecule has 2 unspecified atom stereocenters. The number of amides is 11. The number of allylic oxidation sites excluding steroid dienone is 2. The van der Waals surface area contributed by atoms with Crippen LogP contribution in [0.15, 0.2) is 12.2 Å². The second-order valence-corrected chi connectivity index (χ2v) is 28.4. The fraction of sp³-hybridized carbons (Fsp3) is 0.794. The zero-order chi connectivity index (χ0) is 72.9. The minimum Gasteiger partial charge on any atom is -0.459 e. The molecule has 0 aliphatic carbocycles. The monoisotopic (exact) mass is 1330 g/mol. The average Bonchev–Trinajstić information content (AvgIpc) is 0.809. The predicted octanol–water partition coefficient (Wildman–Crippen LogP) is 3.28. The molecule has 0 spiro atoms. The Kier molecular flexibility index (Phi) is 35.2. The lowest BCUT2D eigenvalue weighted by Crippen LogP contribution is -2.63. The Bertz CT molecular complexity index is 2610.